The van der Waals surface area contributed by atoms with Gasteiger partial charge in [-0.3, -0.25) is 9.52 Å². The normalized spacial score (nSPS) is 11.3. The van der Waals surface area contributed by atoms with Crippen LogP contribution >= 0.6 is 0 Å². The smallest absolute Gasteiger partial charge is 0.344 e. The van der Waals surface area contributed by atoms with Gasteiger partial charge in [0.1, 0.15) is 11.3 Å². The molecule has 0 saturated carbocycles. The molecule has 0 aliphatic heterocycles. The van der Waals surface area contributed by atoms with Gasteiger partial charge in [-0.25, -0.2) is 13.2 Å². The van der Waals surface area contributed by atoms with Gasteiger partial charge in [0.2, 0.25) is 15.9 Å². The quantitative estimate of drug-likeness (QED) is 0.580. The van der Waals surface area contributed by atoms with Crippen molar-refractivity contribution in [3.8, 4) is 0 Å². The average Bonchev–Trinajstić information content (AvgIpc) is 2.72. The molecule has 0 radical (unpaired) electrons. The lowest BCUT2D eigenvalue weighted by Gasteiger charge is -2.07. The van der Waals surface area contributed by atoms with E-state index in [9.17, 15) is 18.0 Å². The van der Waals surface area contributed by atoms with Crippen molar-refractivity contribution < 1.29 is 27.2 Å². The first-order chi connectivity index (χ1) is 10.2. The molecular formula is C14H21NO6S. The van der Waals surface area contributed by atoms with E-state index in [1.54, 1.807) is 6.92 Å². The molecule has 0 spiro atoms. The first-order valence-corrected chi connectivity index (χ1v) is 8.70. The third-order valence-corrected chi connectivity index (χ3v) is 4.25. The highest BCUT2D eigenvalue weighted by molar-refractivity contribution is 7.92. The maximum atomic E-state index is 12.0. The number of anilines is 1. The summed E-state index contributed by atoms with van der Waals surface area (Å²) in [5.74, 6) is -1.39. The number of esters is 1. The molecule has 0 aliphatic carbocycles. The predicted octanol–water partition coefficient (Wildman–Crippen LogP) is 2.51. The van der Waals surface area contributed by atoms with E-state index < -0.39 is 21.8 Å². The van der Waals surface area contributed by atoms with E-state index in [1.165, 1.54) is 13.8 Å². The van der Waals surface area contributed by atoms with Crippen LogP contribution in [-0.2, 0) is 14.8 Å². The highest BCUT2D eigenvalue weighted by Gasteiger charge is 2.29. The minimum Gasteiger partial charge on any atom is -0.462 e. The second-order valence-corrected chi connectivity index (χ2v) is 6.63. The summed E-state index contributed by atoms with van der Waals surface area (Å²) in [6, 6.07) is 0. The van der Waals surface area contributed by atoms with E-state index in [0.717, 1.165) is 0 Å². The summed E-state index contributed by atoms with van der Waals surface area (Å²) in [7, 11) is -3.66. The number of carbonyl (C=O) groups excluding carboxylic acids is 2. The molecule has 0 atom stereocenters. The maximum absolute atomic E-state index is 12.0. The molecule has 0 aliphatic rings. The number of hydrogen-bond acceptors (Lipinski definition) is 6. The molecule has 1 N–H and O–H groups in total. The molecule has 0 fully saturated rings. The van der Waals surface area contributed by atoms with Crippen LogP contribution in [0.15, 0.2) is 4.42 Å². The van der Waals surface area contributed by atoms with Crippen LogP contribution in [0.25, 0.3) is 0 Å². The highest BCUT2D eigenvalue weighted by Crippen LogP contribution is 2.29. The van der Waals surface area contributed by atoms with Gasteiger partial charge in [-0.05, 0) is 27.2 Å². The molecule has 0 unspecified atom stereocenters. The van der Waals surface area contributed by atoms with Gasteiger partial charge in [-0.1, -0.05) is 13.3 Å². The van der Waals surface area contributed by atoms with E-state index in [-0.39, 0.29) is 35.1 Å². The fourth-order valence-corrected chi connectivity index (χ4v) is 3.16. The summed E-state index contributed by atoms with van der Waals surface area (Å²) in [5, 5.41) is 0. The molecule has 1 heterocycles. The maximum Gasteiger partial charge on any atom is 0.344 e. The van der Waals surface area contributed by atoms with Crippen LogP contribution in [0.2, 0.25) is 0 Å². The average molecular weight is 331 g/mol. The molecule has 1 aromatic heterocycles. The van der Waals surface area contributed by atoms with E-state index in [0.29, 0.717) is 12.8 Å². The van der Waals surface area contributed by atoms with Crippen LogP contribution in [0.4, 0.5) is 5.88 Å². The zero-order valence-corrected chi connectivity index (χ0v) is 14.0. The minimum atomic E-state index is -3.66. The van der Waals surface area contributed by atoms with Crippen LogP contribution < -0.4 is 4.72 Å². The number of sulfonamides is 1. The molecule has 7 nitrogen and oxygen atoms in total. The lowest BCUT2D eigenvalue weighted by Crippen LogP contribution is -2.19. The Bertz CT molecular complexity index is 659. The molecular weight excluding hydrogens is 310 g/mol. The zero-order valence-electron chi connectivity index (χ0n) is 13.2. The van der Waals surface area contributed by atoms with Crippen molar-refractivity contribution in [1.82, 2.24) is 0 Å². The molecule has 8 heteroatoms. The van der Waals surface area contributed by atoms with E-state index in [1.807, 2.05) is 6.92 Å². The number of nitrogens with one attached hydrogen (secondary N) is 1. The second kappa shape index (κ2) is 7.44. The van der Waals surface area contributed by atoms with Crippen molar-refractivity contribution in [3.63, 3.8) is 0 Å². The number of ketones is 1. The lowest BCUT2D eigenvalue weighted by atomic mass is 10.1. The Kier molecular flexibility index (Phi) is 6.16. The number of unbranched alkanes of at least 4 members (excludes halogenated alkanes) is 1. The number of Topliss-reactive ketones (excluding diaryl/α,β-unsaturated/α-hetero) is 1. The van der Waals surface area contributed by atoms with Gasteiger partial charge in [0.25, 0.3) is 0 Å². The molecule has 0 bridgehead atoms. The van der Waals surface area contributed by atoms with E-state index >= 15 is 0 Å². The Morgan fingerprint density at radius 1 is 1.23 bits per heavy atom. The second-order valence-electron chi connectivity index (χ2n) is 4.79. The predicted molar refractivity (Wildman–Crippen MR) is 81.7 cm³/mol. The lowest BCUT2D eigenvalue weighted by molar-refractivity contribution is 0.0524. The zero-order chi connectivity index (χ0) is 16.9. The van der Waals surface area contributed by atoms with Gasteiger partial charge in [0.15, 0.2) is 5.78 Å². The minimum absolute atomic E-state index is 0.0339. The first kappa shape index (κ1) is 18.2. The van der Waals surface area contributed by atoms with Gasteiger partial charge in [0, 0.05) is 0 Å². The summed E-state index contributed by atoms with van der Waals surface area (Å²) >= 11 is 0. The van der Waals surface area contributed by atoms with Gasteiger partial charge < -0.3 is 9.15 Å². The van der Waals surface area contributed by atoms with Gasteiger partial charge in [-0.2, -0.15) is 0 Å². The number of aryl methyl sites for hydroxylation is 1. The largest absolute Gasteiger partial charge is 0.462 e. The third-order valence-electron chi connectivity index (χ3n) is 2.93. The van der Waals surface area contributed by atoms with E-state index in [2.05, 4.69) is 4.72 Å². The molecule has 124 valence electrons. The van der Waals surface area contributed by atoms with Crippen molar-refractivity contribution in [2.75, 3.05) is 17.1 Å². The summed E-state index contributed by atoms with van der Waals surface area (Å²) in [6.07, 6.45) is 1.19. The number of carbonyl (C=O) groups is 2. The van der Waals surface area contributed by atoms with E-state index in [4.69, 9.17) is 9.15 Å². The van der Waals surface area contributed by atoms with Crippen molar-refractivity contribution in [2.24, 2.45) is 0 Å². The fraction of sp³-hybridized carbons (Fsp3) is 0.571. The number of hydrogen-bond donors (Lipinski definition) is 1. The summed E-state index contributed by atoms with van der Waals surface area (Å²) in [4.78, 5) is 23.7. The Labute approximate surface area is 130 Å². The highest BCUT2D eigenvalue weighted by atomic mass is 32.2. The molecule has 0 saturated heterocycles. The standard InChI is InChI=1S/C14H21NO6S/c1-5-7-8-22(18,19)15-13-12(14(17)20-6-2)11(9(3)16)10(4)21-13/h15H,5-8H2,1-4H3. The Morgan fingerprint density at radius 2 is 1.86 bits per heavy atom. The SMILES string of the molecule is CCCCS(=O)(=O)Nc1oc(C)c(C(C)=O)c1C(=O)OCC. The topological polar surface area (TPSA) is 103 Å². The van der Waals surface area contributed by atoms with Gasteiger partial charge in [0.05, 0.1) is 17.9 Å². The summed E-state index contributed by atoms with van der Waals surface area (Å²) < 4.78 is 36.3. The third kappa shape index (κ3) is 4.33. The summed E-state index contributed by atoms with van der Waals surface area (Å²) in [6.45, 7) is 6.34. The Morgan fingerprint density at radius 3 is 2.36 bits per heavy atom. The van der Waals surface area contributed by atoms with Crippen molar-refractivity contribution in [2.45, 2.75) is 40.5 Å². The Balaban J connectivity index is 3.27. The van der Waals surface area contributed by atoms with Crippen molar-refractivity contribution >= 4 is 27.7 Å². The molecule has 22 heavy (non-hydrogen) atoms. The van der Waals surface area contributed by atoms with Crippen molar-refractivity contribution in [1.29, 1.82) is 0 Å². The molecule has 1 rings (SSSR count). The van der Waals surface area contributed by atoms with Crippen LogP contribution in [0.1, 0.15) is 60.1 Å². The van der Waals surface area contributed by atoms with Crippen LogP contribution in [0, 0.1) is 6.92 Å². The molecule has 0 aromatic carbocycles. The first-order valence-electron chi connectivity index (χ1n) is 7.05. The summed E-state index contributed by atoms with van der Waals surface area (Å²) in [5.41, 5.74) is -0.140. The molecule has 1 aromatic rings. The van der Waals surface area contributed by atoms with Gasteiger partial charge >= 0.3 is 5.97 Å². The van der Waals surface area contributed by atoms with Gasteiger partial charge in [-0.15, -0.1) is 0 Å². The fourth-order valence-electron chi connectivity index (χ4n) is 1.97. The van der Waals surface area contributed by atoms with Crippen LogP contribution in [-0.4, -0.2) is 32.5 Å². The number of rotatable bonds is 8. The van der Waals surface area contributed by atoms with Crippen LogP contribution in [0.5, 0.6) is 0 Å². The number of furan rings is 1. The van der Waals surface area contributed by atoms with Crippen molar-refractivity contribution in [3.05, 3.63) is 16.9 Å². The molecule has 0 amide bonds. The monoisotopic (exact) mass is 331 g/mol. The van der Waals surface area contributed by atoms with Crippen LogP contribution in [0.3, 0.4) is 0 Å². The number of ether oxygens (including phenoxy) is 1. The Hall–Kier alpha value is -1.83.